The van der Waals surface area contributed by atoms with E-state index in [4.69, 9.17) is 38.0 Å². The molecule has 4 nitrogen and oxygen atoms in total. The summed E-state index contributed by atoms with van der Waals surface area (Å²) in [5.41, 5.74) is 0.547. The summed E-state index contributed by atoms with van der Waals surface area (Å²) >= 11 is 6.11. The Morgan fingerprint density at radius 1 is 1.35 bits per heavy atom. The highest BCUT2D eigenvalue weighted by Crippen LogP contribution is 2.37. The minimum absolute atomic E-state index is 0.0270. The quantitative estimate of drug-likeness (QED) is 0.616. The Morgan fingerprint density at radius 3 is 2.60 bits per heavy atom. The number of rotatable bonds is 5. The van der Waals surface area contributed by atoms with Crippen molar-refractivity contribution in [3.05, 3.63) is 28.3 Å². The molecule has 0 aromatic heterocycles. The van der Waals surface area contributed by atoms with Crippen molar-refractivity contribution in [2.24, 2.45) is 0 Å². The van der Waals surface area contributed by atoms with Crippen molar-refractivity contribution in [2.75, 3.05) is 13.2 Å². The van der Waals surface area contributed by atoms with Crippen LogP contribution < -0.4 is 9.47 Å². The summed E-state index contributed by atoms with van der Waals surface area (Å²) < 4.78 is 10.8. The van der Waals surface area contributed by atoms with Crippen molar-refractivity contribution in [1.29, 1.82) is 10.5 Å². The van der Waals surface area contributed by atoms with Gasteiger partial charge in [-0.3, -0.25) is 0 Å². The van der Waals surface area contributed by atoms with Gasteiger partial charge in [0.2, 0.25) is 0 Å². The van der Waals surface area contributed by atoms with E-state index in [1.807, 2.05) is 6.92 Å². The monoisotopic (exact) mass is 286 g/mol. The van der Waals surface area contributed by atoms with Crippen LogP contribution in [-0.2, 0) is 0 Å². The number of hydrogen-bond acceptors (Lipinski definition) is 4. The highest BCUT2D eigenvalue weighted by Gasteiger charge is 2.12. The number of halogens is 1. The van der Waals surface area contributed by atoms with Gasteiger partial charge in [0.1, 0.15) is 24.3 Å². The molecule has 5 heteroatoms. The summed E-state index contributed by atoms with van der Waals surface area (Å²) in [5, 5.41) is 17.8. The maximum absolute atomic E-state index is 8.75. The minimum atomic E-state index is -0.0270. The van der Waals surface area contributed by atoms with E-state index in [-0.39, 0.29) is 12.2 Å². The predicted octanol–water partition coefficient (Wildman–Crippen LogP) is 3.18. The lowest BCUT2D eigenvalue weighted by molar-refractivity contribution is 0.299. The second kappa shape index (κ2) is 7.74. The lowest BCUT2D eigenvalue weighted by Crippen LogP contribution is -2.00. The van der Waals surface area contributed by atoms with E-state index >= 15 is 0 Å². The molecule has 0 fully saturated rings. The molecule has 1 aromatic rings. The molecule has 0 aliphatic rings. The van der Waals surface area contributed by atoms with Crippen molar-refractivity contribution in [3.8, 4) is 36.0 Å². The molecule has 0 saturated carbocycles. The second-order valence-corrected chi connectivity index (χ2v) is 3.94. The average Bonchev–Trinajstić information content (AvgIpc) is 2.44. The number of ether oxygens (including phenoxy) is 2. The highest BCUT2D eigenvalue weighted by atomic mass is 35.5. The van der Waals surface area contributed by atoms with Crippen LogP contribution in [0, 0.1) is 35.0 Å². The third-order valence-corrected chi connectivity index (χ3v) is 2.46. The van der Waals surface area contributed by atoms with Crippen molar-refractivity contribution >= 4 is 17.7 Å². The third-order valence-electron chi connectivity index (χ3n) is 2.18. The first kappa shape index (κ1) is 15.4. The van der Waals surface area contributed by atoms with Gasteiger partial charge < -0.3 is 9.47 Å². The fourth-order valence-electron chi connectivity index (χ4n) is 1.44. The van der Waals surface area contributed by atoms with Crippen LogP contribution in [0.4, 0.5) is 0 Å². The van der Waals surface area contributed by atoms with Crippen LogP contribution in [0.1, 0.15) is 12.5 Å². The number of hydrogen-bond donors (Lipinski definition) is 0. The smallest absolute Gasteiger partial charge is 0.181 e. The van der Waals surface area contributed by atoms with Crippen LogP contribution in [0.5, 0.6) is 11.5 Å². The molecule has 0 heterocycles. The zero-order chi connectivity index (χ0) is 15.0. The van der Waals surface area contributed by atoms with E-state index in [0.717, 1.165) is 0 Å². The molecule has 100 valence electrons. The standard InChI is InChI=1S/C15H11ClN2O2/c1-3-5-20-15-13(16)7-11(6-12(9-17)10-18)8-14(15)19-4-2/h1,6-8H,4-5H2,2H3. The summed E-state index contributed by atoms with van der Waals surface area (Å²) in [6.45, 7) is 2.30. The predicted molar refractivity (Wildman–Crippen MR) is 76.2 cm³/mol. The Morgan fingerprint density at radius 2 is 2.05 bits per heavy atom. The molecule has 0 atom stereocenters. The lowest BCUT2D eigenvalue weighted by atomic mass is 10.1. The van der Waals surface area contributed by atoms with Crippen LogP contribution in [0.2, 0.25) is 5.02 Å². The summed E-state index contributed by atoms with van der Waals surface area (Å²) in [5.74, 6) is 3.10. The SMILES string of the molecule is C#CCOc1c(Cl)cc(C=C(C#N)C#N)cc1OCC. The summed E-state index contributed by atoms with van der Waals surface area (Å²) in [7, 11) is 0. The Kier molecular flexibility index (Phi) is 5.98. The Balaban J connectivity index is 3.27. The third kappa shape index (κ3) is 3.95. The number of nitrogens with zero attached hydrogens (tertiary/aromatic N) is 2. The number of nitriles is 2. The molecule has 0 unspecified atom stereocenters. The zero-order valence-electron chi connectivity index (χ0n) is 10.8. The van der Waals surface area contributed by atoms with Gasteiger partial charge in [-0.2, -0.15) is 10.5 Å². The van der Waals surface area contributed by atoms with Gasteiger partial charge in [-0.25, -0.2) is 0 Å². The Hall–Kier alpha value is -2.61. The van der Waals surface area contributed by atoms with Crippen LogP contribution in [0.15, 0.2) is 17.7 Å². The molecule has 0 radical (unpaired) electrons. The number of benzene rings is 1. The summed E-state index contributed by atoms with van der Waals surface area (Å²) in [4.78, 5) is 0. The lowest BCUT2D eigenvalue weighted by Gasteiger charge is -2.13. The van der Waals surface area contributed by atoms with Crippen LogP contribution >= 0.6 is 11.6 Å². The summed E-state index contributed by atoms with van der Waals surface area (Å²) in [6, 6.07) is 6.77. The van der Waals surface area contributed by atoms with Crippen molar-refractivity contribution in [2.45, 2.75) is 6.92 Å². The molecule has 1 rings (SSSR count). The molecular formula is C15H11ClN2O2. The first-order chi connectivity index (χ1) is 9.65. The summed E-state index contributed by atoms with van der Waals surface area (Å²) in [6.07, 6.45) is 6.56. The highest BCUT2D eigenvalue weighted by molar-refractivity contribution is 6.32. The molecule has 0 aliphatic heterocycles. The van der Waals surface area contributed by atoms with E-state index < -0.39 is 0 Å². The van der Waals surface area contributed by atoms with Gasteiger partial charge in [0.15, 0.2) is 11.5 Å². The van der Waals surface area contributed by atoms with E-state index in [1.165, 1.54) is 6.08 Å². The first-order valence-electron chi connectivity index (χ1n) is 5.70. The largest absolute Gasteiger partial charge is 0.490 e. The second-order valence-electron chi connectivity index (χ2n) is 3.54. The van der Waals surface area contributed by atoms with Gasteiger partial charge in [0.25, 0.3) is 0 Å². The van der Waals surface area contributed by atoms with E-state index in [2.05, 4.69) is 5.92 Å². The van der Waals surface area contributed by atoms with Gasteiger partial charge in [-0.1, -0.05) is 17.5 Å². The average molecular weight is 287 g/mol. The normalized spacial score (nSPS) is 8.75. The van der Waals surface area contributed by atoms with Gasteiger partial charge in [-0.15, -0.1) is 6.42 Å². The minimum Gasteiger partial charge on any atom is -0.490 e. The van der Waals surface area contributed by atoms with Crippen molar-refractivity contribution < 1.29 is 9.47 Å². The van der Waals surface area contributed by atoms with Gasteiger partial charge in [0.05, 0.1) is 11.6 Å². The molecule has 0 saturated heterocycles. The van der Waals surface area contributed by atoms with Crippen LogP contribution in [0.3, 0.4) is 0 Å². The number of allylic oxidation sites excluding steroid dienone is 1. The maximum Gasteiger partial charge on any atom is 0.181 e. The number of terminal acetylenes is 1. The Labute approximate surface area is 122 Å². The molecule has 0 aliphatic carbocycles. The van der Waals surface area contributed by atoms with Gasteiger partial charge in [0, 0.05) is 0 Å². The molecule has 0 spiro atoms. The molecule has 0 N–H and O–H groups in total. The molecule has 0 amide bonds. The van der Waals surface area contributed by atoms with E-state index in [9.17, 15) is 0 Å². The molecule has 0 bridgehead atoms. The molecule has 20 heavy (non-hydrogen) atoms. The molecule has 1 aromatic carbocycles. The van der Waals surface area contributed by atoms with Crippen molar-refractivity contribution in [3.63, 3.8) is 0 Å². The fraction of sp³-hybridized carbons (Fsp3) is 0.200. The van der Waals surface area contributed by atoms with Crippen LogP contribution in [0.25, 0.3) is 6.08 Å². The van der Waals surface area contributed by atoms with E-state index in [1.54, 1.807) is 24.3 Å². The van der Waals surface area contributed by atoms with Crippen molar-refractivity contribution in [1.82, 2.24) is 0 Å². The topological polar surface area (TPSA) is 66.0 Å². The first-order valence-corrected chi connectivity index (χ1v) is 6.08. The van der Waals surface area contributed by atoms with E-state index in [0.29, 0.717) is 28.7 Å². The maximum atomic E-state index is 8.75. The van der Waals surface area contributed by atoms with Gasteiger partial charge >= 0.3 is 0 Å². The Bertz CT molecular complexity index is 630. The van der Waals surface area contributed by atoms with Crippen LogP contribution in [-0.4, -0.2) is 13.2 Å². The fourth-order valence-corrected chi connectivity index (χ4v) is 1.72. The zero-order valence-corrected chi connectivity index (χ0v) is 11.6. The van der Waals surface area contributed by atoms with Gasteiger partial charge in [-0.05, 0) is 30.7 Å². The molecular weight excluding hydrogens is 276 g/mol.